The molecule has 0 aliphatic carbocycles. The Balaban J connectivity index is 2.28. The molecule has 0 fully saturated rings. The van der Waals surface area contributed by atoms with Crippen molar-refractivity contribution in [2.75, 3.05) is 7.05 Å². The van der Waals surface area contributed by atoms with E-state index in [2.05, 4.69) is 4.74 Å². The van der Waals surface area contributed by atoms with E-state index in [9.17, 15) is 28.1 Å². The van der Waals surface area contributed by atoms with Gasteiger partial charge in [0, 0.05) is 30.2 Å². The molecule has 2 rings (SSSR count). The molecular formula is C16H12ClF3N2O4. The van der Waals surface area contributed by atoms with Crippen molar-refractivity contribution in [3.05, 3.63) is 68.7 Å². The number of nitro benzene ring substituents is 1. The molecule has 6 nitrogen and oxygen atoms in total. The van der Waals surface area contributed by atoms with Crippen molar-refractivity contribution in [2.45, 2.75) is 12.9 Å². The number of hydrogen-bond donors (Lipinski definition) is 0. The Kier molecular flexibility index (Phi) is 5.71. The van der Waals surface area contributed by atoms with Crippen molar-refractivity contribution in [3.8, 4) is 5.75 Å². The number of carbonyl (C=O) groups is 1. The van der Waals surface area contributed by atoms with Crippen molar-refractivity contribution >= 4 is 23.2 Å². The number of ether oxygens (including phenoxy) is 1. The Labute approximate surface area is 150 Å². The highest BCUT2D eigenvalue weighted by molar-refractivity contribution is 6.31. The van der Waals surface area contributed by atoms with Gasteiger partial charge in [0.25, 0.3) is 11.6 Å². The molecule has 2 aromatic rings. The van der Waals surface area contributed by atoms with Crippen LogP contribution >= 0.6 is 11.6 Å². The lowest BCUT2D eigenvalue weighted by Crippen LogP contribution is -2.27. The van der Waals surface area contributed by atoms with E-state index in [1.165, 1.54) is 37.4 Å². The zero-order valence-electron chi connectivity index (χ0n) is 13.3. The molecule has 2 aromatic carbocycles. The zero-order valence-corrected chi connectivity index (χ0v) is 14.0. The number of carbonyl (C=O) groups excluding carboxylic acids is 1. The quantitative estimate of drug-likeness (QED) is 0.561. The highest BCUT2D eigenvalue weighted by Gasteiger charge is 2.32. The van der Waals surface area contributed by atoms with Crippen LogP contribution in [0, 0.1) is 10.1 Å². The molecule has 0 unspecified atom stereocenters. The minimum absolute atomic E-state index is 0.0832. The summed E-state index contributed by atoms with van der Waals surface area (Å²) in [4.78, 5) is 23.9. The van der Waals surface area contributed by atoms with Crippen LogP contribution in [0.1, 0.15) is 15.9 Å². The first-order valence-corrected chi connectivity index (χ1v) is 7.49. The van der Waals surface area contributed by atoms with Crippen molar-refractivity contribution in [1.29, 1.82) is 0 Å². The van der Waals surface area contributed by atoms with Crippen LogP contribution in [0.5, 0.6) is 5.75 Å². The van der Waals surface area contributed by atoms with Crippen LogP contribution in [0.3, 0.4) is 0 Å². The second-order valence-corrected chi connectivity index (χ2v) is 5.67. The number of rotatable bonds is 5. The number of para-hydroxylation sites is 1. The molecule has 0 aromatic heterocycles. The Bertz CT molecular complexity index is 842. The number of nitrogens with zero attached hydrogens (tertiary/aromatic N) is 2. The fourth-order valence-electron chi connectivity index (χ4n) is 2.23. The molecule has 0 spiro atoms. The molecule has 0 aliphatic heterocycles. The van der Waals surface area contributed by atoms with E-state index in [1.807, 2.05) is 0 Å². The minimum atomic E-state index is -4.88. The summed E-state index contributed by atoms with van der Waals surface area (Å²) in [6, 6.07) is 8.86. The largest absolute Gasteiger partial charge is 0.573 e. The first kappa shape index (κ1) is 19.5. The maximum Gasteiger partial charge on any atom is 0.573 e. The standard InChI is InChI=1S/C16H12ClF3N2O4/c1-21(9-10-4-2-3-5-14(10)26-16(18,19)20)15(23)12-7-6-11(17)8-13(12)22(24)25/h2-8H,9H2,1H3. The predicted molar refractivity (Wildman–Crippen MR) is 87.0 cm³/mol. The number of benzene rings is 2. The summed E-state index contributed by atoms with van der Waals surface area (Å²) < 4.78 is 41.3. The lowest BCUT2D eigenvalue weighted by molar-refractivity contribution is -0.385. The molecule has 1 amide bonds. The van der Waals surface area contributed by atoms with E-state index in [-0.39, 0.29) is 22.7 Å². The van der Waals surface area contributed by atoms with Gasteiger partial charge in [-0.1, -0.05) is 29.8 Å². The summed E-state index contributed by atoms with van der Waals surface area (Å²) in [5, 5.41) is 11.2. The second kappa shape index (κ2) is 7.61. The topological polar surface area (TPSA) is 72.7 Å². The van der Waals surface area contributed by atoms with E-state index >= 15 is 0 Å². The van der Waals surface area contributed by atoms with Gasteiger partial charge in [-0.3, -0.25) is 14.9 Å². The van der Waals surface area contributed by atoms with Gasteiger partial charge in [-0.05, 0) is 18.2 Å². The van der Waals surface area contributed by atoms with Gasteiger partial charge in [0.05, 0.1) is 4.92 Å². The smallest absolute Gasteiger partial charge is 0.405 e. The third kappa shape index (κ3) is 4.85. The Hall–Kier alpha value is -2.81. The van der Waals surface area contributed by atoms with Gasteiger partial charge in [0.1, 0.15) is 11.3 Å². The maximum atomic E-state index is 12.5. The van der Waals surface area contributed by atoms with Gasteiger partial charge < -0.3 is 9.64 Å². The average Bonchev–Trinajstić information content (AvgIpc) is 2.54. The summed E-state index contributed by atoms with van der Waals surface area (Å²) in [6.45, 7) is -0.245. The monoisotopic (exact) mass is 388 g/mol. The van der Waals surface area contributed by atoms with Crippen LogP contribution in [0.4, 0.5) is 18.9 Å². The van der Waals surface area contributed by atoms with Crippen molar-refractivity contribution in [1.82, 2.24) is 4.90 Å². The summed E-state index contributed by atoms with van der Waals surface area (Å²) >= 11 is 5.70. The summed E-state index contributed by atoms with van der Waals surface area (Å²) in [7, 11) is 1.31. The van der Waals surface area contributed by atoms with E-state index in [4.69, 9.17) is 11.6 Å². The molecule has 0 radical (unpaired) electrons. The molecular weight excluding hydrogens is 377 g/mol. The molecule has 0 bridgehead atoms. The molecule has 0 saturated heterocycles. The van der Waals surface area contributed by atoms with Crippen LogP contribution in [0.2, 0.25) is 5.02 Å². The molecule has 10 heteroatoms. The average molecular weight is 389 g/mol. The number of alkyl halides is 3. The molecule has 0 atom stereocenters. The molecule has 0 heterocycles. The van der Waals surface area contributed by atoms with Crippen molar-refractivity contribution in [2.24, 2.45) is 0 Å². The lowest BCUT2D eigenvalue weighted by Gasteiger charge is -2.20. The third-order valence-corrected chi connectivity index (χ3v) is 3.57. The number of halogens is 4. The molecule has 0 saturated carbocycles. The number of hydrogen-bond acceptors (Lipinski definition) is 4. The first-order chi connectivity index (χ1) is 12.1. The lowest BCUT2D eigenvalue weighted by atomic mass is 10.1. The Morgan fingerprint density at radius 2 is 1.92 bits per heavy atom. The van der Waals surface area contributed by atoms with Gasteiger partial charge in [-0.2, -0.15) is 0 Å². The second-order valence-electron chi connectivity index (χ2n) is 5.24. The molecule has 138 valence electrons. The zero-order chi connectivity index (χ0) is 19.5. The van der Waals surface area contributed by atoms with Crippen LogP contribution in [0.15, 0.2) is 42.5 Å². The van der Waals surface area contributed by atoms with Crippen molar-refractivity contribution < 1.29 is 27.6 Å². The summed E-state index contributed by atoms with van der Waals surface area (Å²) in [5.74, 6) is -1.19. The van der Waals surface area contributed by atoms with Crippen LogP contribution in [-0.4, -0.2) is 29.1 Å². The number of amides is 1. The fraction of sp³-hybridized carbons (Fsp3) is 0.188. The van der Waals surface area contributed by atoms with E-state index < -0.39 is 28.6 Å². The van der Waals surface area contributed by atoms with Gasteiger partial charge >= 0.3 is 6.36 Å². The van der Waals surface area contributed by atoms with Gasteiger partial charge in [-0.15, -0.1) is 13.2 Å². The van der Waals surface area contributed by atoms with E-state index in [1.54, 1.807) is 0 Å². The summed E-state index contributed by atoms with van der Waals surface area (Å²) in [5.41, 5.74) is -0.623. The van der Waals surface area contributed by atoms with E-state index in [0.717, 1.165) is 17.0 Å². The predicted octanol–water partition coefficient (Wildman–Crippen LogP) is 4.42. The number of nitro groups is 1. The summed E-state index contributed by atoms with van der Waals surface area (Å²) in [6.07, 6.45) is -4.88. The highest BCUT2D eigenvalue weighted by atomic mass is 35.5. The third-order valence-electron chi connectivity index (χ3n) is 3.34. The SMILES string of the molecule is CN(Cc1ccccc1OC(F)(F)F)C(=O)c1ccc(Cl)cc1[N+](=O)[O-]. The molecule has 26 heavy (non-hydrogen) atoms. The van der Waals surface area contributed by atoms with Gasteiger partial charge in [-0.25, -0.2) is 0 Å². The Morgan fingerprint density at radius 3 is 2.54 bits per heavy atom. The van der Waals surface area contributed by atoms with E-state index in [0.29, 0.717) is 0 Å². The highest BCUT2D eigenvalue weighted by Crippen LogP contribution is 2.28. The van der Waals surface area contributed by atoms with Crippen LogP contribution in [0.25, 0.3) is 0 Å². The Morgan fingerprint density at radius 1 is 1.27 bits per heavy atom. The normalized spacial score (nSPS) is 11.1. The fourth-order valence-corrected chi connectivity index (χ4v) is 2.39. The van der Waals surface area contributed by atoms with Crippen LogP contribution in [-0.2, 0) is 6.54 Å². The van der Waals surface area contributed by atoms with Crippen LogP contribution < -0.4 is 4.74 Å². The molecule has 0 aliphatic rings. The molecule has 0 N–H and O–H groups in total. The minimum Gasteiger partial charge on any atom is -0.405 e. The first-order valence-electron chi connectivity index (χ1n) is 7.11. The van der Waals surface area contributed by atoms with Gasteiger partial charge in [0.15, 0.2) is 0 Å². The van der Waals surface area contributed by atoms with Gasteiger partial charge in [0.2, 0.25) is 0 Å². The van der Waals surface area contributed by atoms with Crippen molar-refractivity contribution in [3.63, 3.8) is 0 Å². The maximum absolute atomic E-state index is 12.5.